The minimum atomic E-state index is -0.366. The quantitative estimate of drug-likeness (QED) is 0.432. The van der Waals surface area contributed by atoms with E-state index in [9.17, 15) is 9.59 Å². The van der Waals surface area contributed by atoms with Crippen LogP contribution in [0.25, 0.3) is 0 Å². The minimum Gasteiger partial charge on any atom is -0.383 e. The summed E-state index contributed by atoms with van der Waals surface area (Å²) in [5.74, 6) is -0.635. The van der Waals surface area contributed by atoms with Crippen LogP contribution in [0.5, 0.6) is 0 Å². The molecule has 0 radical (unpaired) electrons. The molecular formula is C23H33N5O5S. The molecule has 0 aliphatic carbocycles. The standard InChI is InChI=1S/C23H33N5O5S/c1-27(7-11-32-3)23-26-20(16-34-23)22(30)25-19-5-4-17(15-28-8-12-33-13-9-28)14-18(19)21(29)24-6-10-31-2/h4-5,14,16H,6-13,15H2,1-3H3,(H,24,29)(H,25,30). The van der Waals surface area contributed by atoms with Crippen LogP contribution in [-0.2, 0) is 20.8 Å². The molecule has 11 heteroatoms. The van der Waals surface area contributed by atoms with Gasteiger partial charge >= 0.3 is 0 Å². The highest BCUT2D eigenvalue weighted by Crippen LogP contribution is 2.23. The van der Waals surface area contributed by atoms with Gasteiger partial charge in [0.25, 0.3) is 11.8 Å². The van der Waals surface area contributed by atoms with Crippen molar-refractivity contribution in [1.29, 1.82) is 0 Å². The number of aromatic nitrogens is 1. The van der Waals surface area contributed by atoms with Gasteiger partial charge in [-0.25, -0.2) is 4.98 Å². The zero-order chi connectivity index (χ0) is 24.3. The summed E-state index contributed by atoms with van der Waals surface area (Å²) in [4.78, 5) is 34.5. The number of hydrogen-bond acceptors (Lipinski definition) is 9. The maximum atomic E-state index is 12.9. The summed E-state index contributed by atoms with van der Waals surface area (Å²) in [7, 11) is 5.12. The summed E-state index contributed by atoms with van der Waals surface area (Å²) in [5, 5.41) is 8.13. The topological polar surface area (TPSA) is 105 Å². The molecule has 1 fully saturated rings. The van der Waals surface area contributed by atoms with Crippen LogP contribution in [0, 0.1) is 0 Å². The van der Waals surface area contributed by atoms with Crippen LogP contribution in [0.2, 0.25) is 0 Å². The Morgan fingerprint density at radius 2 is 1.94 bits per heavy atom. The number of ether oxygens (including phenoxy) is 3. The lowest BCUT2D eigenvalue weighted by atomic mass is 10.1. The van der Waals surface area contributed by atoms with Crippen molar-refractivity contribution >= 4 is 34.0 Å². The summed E-state index contributed by atoms with van der Waals surface area (Å²) < 4.78 is 15.5. The zero-order valence-electron chi connectivity index (χ0n) is 20.0. The van der Waals surface area contributed by atoms with Crippen molar-refractivity contribution in [2.75, 3.05) is 84.1 Å². The molecule has 1 saturated heterocycles. The number of hydrogen-bond donors (Lipinski definition) is 2. The summed E-state index contributed by atoms with van der Waals surface area (Å²) >= 11 is 1.38. The van der Waals surface area contributed by atoms with E-state index in [-0.39, 0.29) is 11.8 Å². The number of carbonyl (C=O) groups excluding carboxylic acids is 2. The average Bonchev–Trinajstić information content (AvgIpc) is 3.35. The molecular weight excluding hydrogens is 458 g/mol. The van der Waals surface area contributed by atoms with Gasteiger partial charge in [-0.15, -0.1) is 11.3 Å². The molecule has 2 N–H and O–H groups in total. The number of carbonyl (C=O) groups is 2. The number of amides is 2. The van der Waals surface area contributed by atoms with Crippen LogP contribution in [0.15, 0.2) is 23.6 Å². The SMILES string of the molecule is COCCNC(=O)c1cc(CN2CCOCC2)ccc1NC(=O)c1csc(N(C)CCOC)n1. The lowest BCUT2D eigenvalue weighted by Gasteiger charge is -2.26. The summed E-state index contributed by atoms with van der Waals surface area (Å²) in [6.45, 7) is 5.82. The van der Waals surface area contributed by atoms with E-state index in [1.807, 2.05) is 24.1 Å². The number of nitrogens with one attached hydrogen (secondary N) is 2. The third-order valence-corrected chi connectivity index (χ3v) is 6.32. The van der Waals surface area contributed by atoms with Gasteiger partial charge in [0.1, 0.15) is 5.69 Å². The molecule has 1 aromatic carbocycles. The second-order valence-electron chi connectivity index (χ2n) is 7.90. The molecule has 1 aliphatic heterocycles. The van der Waals surface area contributed by atoms with Crippen molar-refractivity contribution in [2.24, 2.45) is 0 Å². The minimum absolute atomic E-state index is 0.269. The molecule has 0 unspecified atom stereocenters. The maximum absolute atomic E-state index is 12.9. The van der Waals surface area contributed by atoms with Crippen molar-refractivity contribution in [3.05, 3.63) is 40.4 Å². The first kappa shape index (κ1) is 26.0. The van der Waals surface area contributed by atoms with Crippen molar-refractivity contribution in [3.8, 4) is 0 Å². The molecule has 3 rings (SSSR count). The summed E-state index contributed by atoms with van der Waals surface area (Å²) in [6.07, 6.45) is 0. The summed E-state index contributed by atoms with van der Waals surface area (Å²) in [6, 6.07) is 5.54. The Labute approximate surface area is 204 Å². The Bertz CT molecular complexity index is 948. The van der Waals surface area contributed by atoms with Gasteiger partial charge in [-0.2, -0.15) is 0 Å². The van der Waals surface area contributed by atoms with Crippen LogP contribution in [0.4, 0.5) is 10.8 Å². The van der Waals surface area contributed by atoms with E-state index in [4.69, 9.17) is 14.2 Å². The second-order valence-corrected chi connectivity index (χ2v) is 8.74. The lowest BCUT2D eigenvalue weighted by molar-refractivity contribution is 0.0342. The fourth-order valence-corrected chi connectivity index (χ4v) is 4.22. The number of anilines is 2. The Morgan fingerprint density at radius 1 is 1.18 bits per heavy atom. The fourth-order valence-electron chi connectivity index (χ4n) is 3.42. The van der Waals surface area contributed by atoms with Crippen LogP contribution in [0.3, 0.4) is 0 Å². The van der Waals surface area contributed by atoms with Gasteiger partial charge in [0.05, 0.1) is 37.7 Å². The van der Waals surface area contributed by atoms with Crippen molar-refractivity contribution < 1.29 is 23.8 Å². The van der Waals surface area contributed by atoms with Crippen LogP contribution < -0.4 is 15.5 Å². The lowest BCUT2D eigenvalue weighted by Crippen LogP contribution is -2.35. The van der Waals surface area contributed by atoms with Gasteiger partial charge in [-0.1, -0.05) is 6.07 Å². The second kappa shape index (κ2) is 13.4. The van der Waals surface area contributed by atoms with Crippen LogP contribution in [-0.4, -0.2) is 95.6 Å². The number of likely N-dealkylation sites (N-methyl/N-ethyl adjacent to an activating group) is 1. The van der Waals surface area contributed by atoms with Gasteiger partial charge < -0.3 is 29.7 Å². The monoisotopic (exact) mass is 491 g/mol. The number of morpholine rings is 1. The van der Waals surface area contributed by atoms with E-state index in [0.717, 1.165) is 23.8 Å². The molecule has 34 heavy (non-hydrogen) atoms. The van der Waals surface area contributed by atoms with Crippen molar-refractivity contribution in [3.63, 3.8) is 0 Å². The van der Waals surface area contributed by atoms with Gasteiger partial charge in [0, 0.05) is 59.4 Å². The van der Waals surface area contributed by atoms with Gasteiger partial charge in [-0.05, 0) is 17.7 Å². The number of methoxy groups -OCH3 is 2. The first-order valence-electron chi connectivity index (χ1n) is 11.2. The highest BCUT2D eigenvalue weighted by atomic mass is 32.1. The molecule has 1 aliphatic rings. The molecule has 0 atom stereocenters. The van der Waals surface area contributed by atoms with Crippen LogP contribution in [0.1, 0.15) is 26.4 Å². The van der Waals surface area contributed by atoms with Crippen LogP contribution >= 0.6 is 11.3 Å². The zero-order valence-corrected chi connectivity index (χ0v) is 20.8. The first-order valence-corrected chi connectivity index (χ1v) is 12.1. The molecule has 0 spiro atoms. The van der Waals surface area contributed by atoms with Gasteiger partial charge in [0.15, 0.2) is 5.13 Å². The molecule has 2 heterocycles. The normalized spacial score (nSPS) is 14.1. The Morgan fingerprint density at radius 3 is 2.68 bits per heavy atom. The predicted molar refractivity (Wildman–Crippen MR) is 132 cm³/mol. The highest BCUT2D eigenvalue weighted by molar-refractivity contribution is 7.13. The third kappa shape index (κ3) is 7.47. The smallest absolute Gasteiger partial charge is 0.275 e. The van der Waals surface area contributed by atoms with E-state index in [1.165, 1.54) is 11.3 Å². The number of benzene rings is 1. The number of nitrogens with zero attached hydrogens (tertiary/aromatic N) is 3. The maximum Gasteiger partial charge on any atom is 0.275 e. The van der Waals surface area contributed by atoms with Gasteiger partial charge in [0.2, 0.25) is 0 Å². The highest BCUT2D eigenvalue weighted by Gasteiger charge is 2.19. The molecule has 10 nitrogen and oxygen atoms in total. The van der Waals surface area contributed by atoms with Crippen molar-refractivity contribution in [1.82, 2.24) is 15.2 Å². The molecule has 2 amide bonds. The van der Waals surface area contributed by atoms with Gasteiger partial charge in [-0.3, -0.25) is 14.5 Å². The molecule has 0 bridgehead atoms. The summed E-state index contributed by atoms with van der Waals surface area (Å²) in [5.41, 5.74) is 2.13. The molecule has 0 saturated carbocycles. The van der Waals surface area contributed by atoms with E-state index in [1.54, 1.807) is 25.7 Å². The largest absolute Gasteiger partial charge is 0.383 e. The fraction of sp³-hybridized carbons (Fsp3) is 0.522. The molecule has 186 valence electrons. The predicted octanol–water partition coefficient (Wildman–Crippen LogP) is 1.69. The Balaban J connectivity index is 1.75. The van der Waals surface area contributed by atoms with E-state index >= 15 is 0 Å². The first-order chi connectivity index (χ1) is 16.5. The Kier molecular flexibility index (Phi) is 10.2. The van der Waals surface area contributed by atoms with E-state index < -0.39 is 0 Å². The number of rotatable bonds is 12. The molecule has 1 aromatic heterocycles. The average molecular weight is 492 g/mol. The molecule has 2 aromatic rings. The Hall–Kier alpha value is -2.57. The third-order valence-electron chi connectivity index (χ3n) is 5.36. The van der Waals surface area contributed by atoms with E-state index in [0.29, 0.717) is 63.0 Å². The number of thiazole rings is 1. The van der Waals surface area contributed by atoms with E-state index in [2.05, 4.69) is 20.5 Å². The van der Waals surface area contributed by atoms with Crippen molar-refractivity contribution in [2.45, 2.75) is 6.54 Å².